The van der Waals surface area contributed by atoms with Gasteiger partial charge >= 0.3 is 6.18 Å². The molecule has 1 atom stereocenters. The molecule has 0 radical (unpaired) electrons. The minimum absolute atomic E-state index is 0.139. The van der Waals surface area contributed by atoms with E-state index in [-0.39, 0.29) is 24.0 Å². The molecule has 1 saturated carbocycles. The van der Waals surface area contributed by atoms with Crippen LogP contribution in [0.15, 0.2) is 24.7 Å². The minimum Gasteiger partial charge on any atom is -0.356 e. The number of carbonyl (C=O) groups excluding carboxylic acids is 1. The molecule has 3 heterocycles. The predicted molar refractivity (Wildman–Crippen MR) is 106 cm³/mol. The van der Waals surface area contributed by atoms with E-state index in [1.165, 1.54) is 6.20 Å². The number of nitrogens with zero attached hydrogens (tertiary/aromatic N) is 3. The van der Waals surface area contributed by atoms with Crippen LogP contribution in [0.2, 0.25) is 5.02 Å². The van der Waals surface area contributed by atoms with Gasteiger partial charge in [0.25, 0.3) is 0 Å². The Kier molecular flexibility index (Phi) is 5.69. The third-order valence-corrected chi connectivity index (χ3v) is 5.05. The molecule has 0 unspecified atom stereocenters. The Morgan fingerprint density at radius 3 is 2.77 bits per heavy atom. The van der Waals surface area contributed by atoms with E-state index < -0.39 is 30.5 Å². The Hall–Kier alpha value is -2.95. The average Bonchev–Trinajstić information content (AvgIpc) is 3.43. The lowest BCUT2D eigenvalue weighted by Gasteiger charge is -2.20. The van der Waals surface area contributed by atoms with E-state index in [2.05, 4.69) is 25.3 Å². The van der Waals surface area contributed by atoms with Crippen LogP contribution in [0.25, 0.3) is 22.4 Å². The number of hydrogen-bond donors (Lipinski definition) is 3. The SMILES string of the molecule is O=C(NCC(F)(F)F)[C@@H](CC1CC1)Nc1nc(-c2c[nH]c3ncc(Cl)cc23)ncc1F. The molecule has 31 heavy (non-hydrogen) atoms. The van der Waals surface area contributed by atoms with Crippen molar-refractivity contribution in [2.24, 2.45) is 5.92 Å². The second-order valence-electron chi connectivity index (χ2n) is 7.35. The fourth-order valence-corrected chi connectivity index (χ4v) is 3.31. The summed E-state index contributed by atoms with van der Waals surface area (Å²) in [6, 6.07) is 0.585. The summed E-state index contributed by atoms with van der Waals surface area (Å²) >= 11 is 6.00. The summed E-state index contributed by atoms with van der Waals surface area (Å²) in [5, 5.41) is 5.51. The number of carbonyl (C=O) groups is 1. The molecule has 7 nitrogen and oxygen atoms in total. The molecule has 1 aliphatic rings. The van der Waals surface area contributed by atoms with Crippen molar-refractivity contribution in [2.75, 3.05) is 11.9 Å². The molecule has 3 N–H and O–H groups in total. The van der Waals surface area contributed by atoms with E-state index in [9.17, 15) is 22.4 Å². The maximum Gasteiger partial charge on any atom is 0.405 e. The van der Waals surface area contributed by atoms with Crippen LogP contribution < -0.4 is 10.6 Å². The fraction of sp³-hybridized carbons (Fsp3) is 0.368. The molecule has 164 valence electrons. The summed E-state index contributed by atoms with van der Waals surface area (Å²) in [6.07, 6.45) is 1.44. The number of hydrogen-bond acceptors (Lipinski definition) is 5. The van der Waals surface area contributed by atoms with Gasteiger partial charge in [0.15, 0.2) is 17.5 Å². The van der Waals surface area contributed by atoms with Crippen LogP contribution in [-0.4, -0.2) is 44.6 Å². The summed E-state index contributed by atoms with van der Waals surface area (Å²) in [5.41, 5.74) is 1.04. The maximum atomic E-state index is 14.4. The number of alkyl halides is 3. The standard InChI is InChI=1S/C19H17ClF4N6O/c20-10-4-11-12(6-26-15(11)25-5-10)16-27-7-13(21)17(30-16)29-14(3-9-1-2-9)18(31)28-8-19(22,23)24/h4-7,9,14H,1-3,8H2,(H,25,26)(H,28,31)(H,27,29,30)/t14-/m1/s1. The fourth-order valence-electron chi connectivity index (χ4n) is 3.15. The lowest BCUT2D eigenvalue weighted by Crippen LogP contribution is -2.44. The first-order valence-electron chi connectivity index (χ1n) is 9.46. The molecular weight excluding hydrogens is 440 g/mol. The van der Waals surface area contributed by atoms with Crippen LogP contribution in [0.3, 0.4) is 0 Å². The van der Waals surface area contributed by atoms with E-state index in [4.69, 9.17) is 11.6 Å². The summed E-state index contributed by atoms with van der Waals surface area (Å²) < 4.78 is 51.8. The van der Waals surface area contributed by atoms with E-state index in [0.29, 0.717) is 21.6 Å². The Bertz CT molecular complexity index is 1110. The lowest BCUT2D eigenvalue weighted by molar-refractivity contribution is -0.138. The molecule has 0 bridgehead atoms. The Balaban J connectivity index is 1.60. The molecule has 3 aromatic heterocycles. The number of nitrogens with one attached hydrogen (secondary N) is 3. The van der Waals surface area contributed by atoms with Crippen LogP contribution in [0.5, 0.6) is 0 Å². The molecule has 12 heteroatoms. The van der Waals surface area contributed by atoms with Gasteiger partial charge in [-0.05, 0) is 18.4 Å². The number of rotatable bonds is 7. The van der Waals surface area contributed by atoms with Crippen LogP contribution in [0, 0.1) is 11.7 Å². The molecule has 0 saturated heterocycles. The van der Waals surface area contributed by atoms with Gasteiger partial charge in [0.05, 0.1) is 11.2 Å². The largest absolute Gasteiger partial charge is 0.405 e. The molecule has 0 spiro atoms. The van der Waals surface area contributed by atoms with Crippen molar-refractivity contribution in [1.29, 1.82) is 0 Å². The van der Waals surface area contributed by atoms with Crippen molar-refractivity contribution in [2.45, 2.75) is 31.5 Å². The molecule has 1 aliphatic carbocycles. The lowest BCUT2D eigenvalue weighted by atomic mass is 10.1. The monoisotopic (exact) mass is 456 g/mol. The van der Waals surface area contributed by atoms with Gasteiger partial charge in [-0.1, -0.05) is 24.4 Å². The zero-order valence-corrected chi connectivity index (χ0v) is 16.7. The number of aromatic amines is 1. The summed E-state index contributed by atoms with van der Waals surface area (Å²) in [4.78, 5) is 27.6. The molecule has 1 fully saturated rings. The van der Waals surface area contributed by atoms with Crippen LogP contribution in [0.4, 0.5) is 23.4 Å². The van der Waals surface area contributed by atoms with Crippen LogP contribution >= 0.6 is 11.6 Å². The van der Waals surface area contributed by atoms with Crippen molar-refractivity contribution in [3.05, 3.63) is 35.5 Å². The highest BCUT2D eigenvalue weighted by Crippen LogP contribution is 2.35. The molecule has 3 aromatic rings. The number of amides is 1. The van der Waals surface area contributed by atoms with Crippen molar-refractivity contribution in [3.8, 4) is 11.4 Å². The number of halogens is 5. The van der Waals surface area contributed by atoms with Crippen molar-refractivity contribution in [1.82, 2.24) is 25.3 Å². The van der Waals surface area contributed by atoms with E-state index in [1.54, 1.807) is 12.3 Å². The second kappa shape index (κ2) is 8.29. The van der Waals surface area contributed by atoms with Crippen LogP contribution in [0.1, 0.15) is 19.3 Å². The van der Waals surface area contributed by atoms with E-state index in [1.807, 2.05) is 5.32 Å². The average molecular weight is 457 g/mol. The number of pyridine rings is 1. The smallest absolute Gasteiger partial charge is 0.356 e. The number of fused-ring (bicyclic) bond motifs is 1. The molecule has 1 amide bonds. The van der Waals surface area contributed by atoms with E-state index in [0.717, 1.165) is 19.0 Å². The van der Waals surface area contributed by atoms with Crippen LogP contribution in [-0.2, 0) is 4.79 Å². The summed E-state index contributed by atoms with van der Waals surface area (Å²) in [5.74, 6) is -1.64. The molecule has 0 aliphatic heterocycles. The van der Waals surface area contributed by atoms with Gasteiger partial charge < -0.3 is 15.6 Å². The first-order chi connectivity index (χ1) is 14.7. The number of H-pyrrole nitrogens is 1. The third-order valence-electron chi connectivity index (χ3n) is 4.84. The zero-order valence-electron chi connectivity index (χ0n) is 15.9. The number of aromatic nitrogens is 4. The highest BCUT2D eigenvalue weighted by Gasteiger charge is 2.33. The zero-order chi connectivity index (χ0) is 22.2. The Labute approximate surface area is 178 Å². The Morgan fingerprint density at radius 1 is 1.29 bits per heavy atom. The van der Waals surface area contributed by atoms with Gasteiger partial charge in [-0.2, -0.15) is 13.2 Å². The maximum absolute atomic E-state index is 14.4. The van der Waals surface area contributed by atoms with Crippen molar-refractivity contribution < 1.29 is 22.4 Å². The summed E-state index contributed by atoms with van der Waals surface area (Å²) in [6.45, 7) is -1.46. The first-order valence-corrected chi connectivity index (χ1v) is 9.84. The molecule has 4 rings (SSSR count). The second-order valence-corrected chi connectivity index (χ2v) is 7.79. The first kappa shape index (κ1) is 21.3. The Morgan fingerprint density at radius 2 is 2.06 bits per heavy atom. The highest BCUT2D eigenvalue weighted by atomic mass is 35.5. The van der Waals surface area contributed by atoms with Gasteiger partial charge in [0.1, 0.15) is 18.2 Å². The van der Waals surface area contributed by atoms with Crippen molar-refractivity contribution in [3.63, 3.8) is 0 Å². The number of anilines is 1. The normalized spacial score (nSPS) is 15.1. The molecule has 0 aromatic carbocycles. The van der Waals surface area contributed by atoms with Crippen molar-refractivity contribution >= 4 is 34.4 Å². The summed E-state index contributed by atoms with van der Waals surface area (Å²) in [7, 11) is 0. The quantitative estimate of drug-likeness (QED) is 0.466. The van der Waals surface area contributed by atoms with Gasteiger partial charge in [0, 0.05) is 23.3 Å². The van der Waals surface area contributed by atoms with Gasteiger partial charge in [-0.3, -0.25) is 4.79 Å². The topological polar surface area (TPSA) is 95.6 Å². The van der Waals surface area contributed by atoms with E-state index >= 15 is 0 Å². The highest BCUT2D eigenvalue weighted by molar-refractivity contribution is 6.31. The van der Waals surface area contributed by atoms with Gasteiger partial charge in [-0.15, -0.1) is 0 Å². The third kappa shape index (κ3) is 5.22. The minimum atomic E-state index is -4.54. The van der Waals surface area contributed by atoms with Gasteiger partial charge in [0.2, 0.25) is 5.91 Å². The predicted octanol–water partition coefficient (Wildman–Crippen LogP) is 4.07. The molecular formula is C19H17ClF4N6O. The van der Waals surface area contributed by atoms with Gasteiger partial charge in [-0.25, -0.2) is 19.3 Å².